The zero-order chi connectivity index (χ0) is 16.9. The minimum Gasteiger partial charge on any atom is -0.343 e. The van der Waals surface area contributed by atoms with Crippen LogP contribution >= 0.6 is 11.6 Å². The number of aromatic nitrogens is 3. The molecule has 24 heavy (non-hydrogen) atoms. The maximum atomic E-state index is 12.4. The largest absolute Gasteiger partial charge is 0.343 e. The second kappa shape index (κ2) is 7.27. The van der Waals surface area contributed by atoms with Gasteiger partial charge in [-0.05, 0) is 42.8 Å². The van der Waals surface area contributed by atoms with Crippen LogP contribution in [0.1, 0.15) is 28.7 Å². The van der Waals surface area contributed by atoms with Crippen molar-refractivity contribution in [3.05, 3.63) is 82.4 Å². The van der Waals surface area contributed by atoms with Crippen LogP contribution in [-0.2, 0) is 11.2 Å². The highest BCUT2D eigenvalue weighted by atomic mass is 35.5. The van der Waals surface area contributed by atoms with Gasteiger partial charge < -0.3 is 5.32 Å². The number of H-pyrrole nitrogens is 1. The van der Waals surface area contributed by atoms with Crippen molar-refractivity contribution in [2.24, 2.45) is 0 Å². The van der Waals surface area contributed by atoms with E-state index in [1.807, 2.05) is 49.4 Å². The molecular weight excluding hydrogens is 324 g/mol. The lowest BCUT2D eigenvalue weighted by Crippen LogP contribution is -2.31. The fourth-order valence-corrected chi connectivity index (χ4v) is 2.70. The van der Waals surface area contributed by atoms with Crippen molar-refractivity contribution < 1.29 is 4.79 Å². The standard InChI is InChI=1S/C18H17ClN4O/c1-12-9-15(23-22-12)11-17(24)21-18(16-7-2-3-8-20-16)13-5-4-6-14(19)10-13/h2-10,18H,11H2,1H3,(H,21,24)(H,22,23). The molecule has 0 saturated heterocycles. The molecule has 1 amide bonds. The zero-order valence-corrected chi connectivity index (χ0v) is 13.9. The van der Waals surface area contributed by atoms with Gasteiger partial charge in [0.1, 0.15) is 0 Å². The van der Waals surface area contributed by atoms with Gasteiger partial charge in [0.05, 0.1) is 23.9 Å². The van der Waals surface area contributed by atoms with Crippen molar-refractivity contribution in [2.75, 3.05) is 0 Å². The summed E-state index contributed by atoms with van der Waals surface area (Å²) in [6, 6.07) is 14.5. The van der Waals surface area contributed by atoms with Gasteiger partial charge in [-0.2, -0.15) is 5.10 Å². The molecular formula is C18H17ClN4O. The fourth-order valence-electron chi connectivity index (χ4n) is 2.50. The van der Waals surface area contributed by atoms with Crippen molar-refractivity contribution in [2.45, 2.75) is 19.4 Å². The summed E-state index contributed by atoms with van der Waals surface area (Å²) in [5.74, 6) is -0.128. The molecule has 0 aliphatic carbocycles. The first-order valence-electron chi connectivity index (χ1n) is 7.58. The Kier molecular flexibility index (Phi) is 4.91. The average Bonchev–Trinajstić information content (AvgIpc) is 2.98. The van der Waals surface area contributed by atoms with Crippen LogP contribution in [0, 0.1) is 6.92 Å². The Hall–Kier alpha value is -2.66. The molecule has 0 bridgehead atoms. The molecule has 2 heterocycles. The molecule has 2 N–H and O–H groups in total. The second-order valence-electron chi connectivity index (χ2n) is 5.53. The summed E-state index contributed by atoms with van der Waals surface area (Å²) in [6.45, 7) is 1.90. The van der Waals surface area contributed by atoms with Crippen LogP contribution in [0.25, 0.3) is 0 Å². The quantitative estimate of drug-likeness (QED) is 0.749. The van der Waals surface area contributed by atoms with Crippen LogP contribution < -0.4 is 5.32 Å². The van der Waals surface area contributed by atoms with Crippen molar-refractivity contribution >= 4 is 17.5 Å². The molecule has 2 aromatic heterocycles. The number of nitrogens with zero attached hydrogens (tertiary/aromatic N) is 2. The van der Waals surface area contributed by atoms with Gasteiger partial charge >= 0.3 is 0 Å². The zero-order valence-electron chi connectivity index (χ0n) is 13.2. The van der Waals surface area contributed by atoms with E-state index >= 15 is 0 Å². The second-order valence-corrected chi connectivity index (χ2v) is 5.97. The molecule has 3 rings (SSSR count). The molecule has 1 unspecified atom stereocenters. The van der Waals surface area contributed by atoms with E-state index in [1.165, 1.54) is 0 Å². The Morgan fingerprint density at radius 2 is 2.12 bits per heavy atom. The van der Waals surface area contributed by atoms with Gasteiger partial charge in [0.2, 0.25) is 5.91 Å². The lowest BCUT2D eigenvalue weighted by molar-refractivity contribution is -0.121. The van der Waals surface area contributed by atoms with E-state index in [9.17, 15) is 4.79 Å². The van der Waals surface area contributed by atoms with Crippen LogP contribution in [0.3, 0.4) is 0 Å². The SMILES string of the molecule is Cc1cc(CC(=O)NC(c2cccc(Cl)c2)c2ccccn2)n[nH]1. The summed E-state index contributed by atoms with van der Waals surface area (Å²) in [4.78, 5) is 16.8. The average molecular weight is 341 g/mol. The van der Waals surface area contributed by atoms with E-state index in [1.54, 1.807) is 12.3 Å². The van der Waals surface area contributed by atoms with Gasteiger partial charge in [-0.1, -0.05) is 29.8 Å². The van der Waals surface area contributed by atoms with E-state index in [-0.39, 0.29) is 18.4 Å². The summed E-state index contributed by atoms with van der Waals surface area (Å²) in [5, 5.41) is 10.6. The topological polar surface area (TPSA) is 70.7 Å². The number of halogens is 1. The van der Waals surface area contributed by atoms with E-state index in [2.05, 4.69) is 20.5 Å². The number of hydrogen-bond donors (Lipinski definition) is 2. The van der Waals surface area contributed by atoms with Gasteiger partial charge in [-0.3, -0.25) is 14.9 Å². The Labute approximate surface area is 145 Å². The molecule has 0 aliphatic rings. The van der Waals surface area contributed by atoms with Gasteiger partial charge in [-0.25, -0.2) is 0 Å². The number of carbonyl (C=O) groups is 1. The van der Waals surface area contributed by atoms with Crippen LogP contribution in [0.5, 0.6) is 0 Å². The van der Waals surface area contributed by atoms with Gasteiger partial charge in [0, 0.05) is 16.9 Å². The molecule has 1 aromatic carbocycles. The highest BCUT2D eigenvalue weighted by Gasteiger charge is 2.19. The van der Waals surface area contributed by atoms with Crippen LogP contribution in [0.2, 0.25) is 5.02 Å². The lowest BCUT2D eigenvalue weighted by Gasteiger charge is -2.19. The summed E-state index contributed by atoms with van der Waals surface area (Å²) >= 11 is 6.10. The normalized spacial score (nSPS) is 11.9. The molecule has 6 heteroatoms. The number of aryl methyl sites for hydroxylation is 1. The third-order valence-electron chi connectivity index (χ3n) is 3.57. The Balaban J connectivity index is 1.83. The first kappa shape index (κ1) is 16.2. The number of nitrogens with one attached hydrogen (secondary N) is 2. The molecule has 1 atom stereocenters. The highest BCUT2D eigenvalue weighted by Crippen LogP contribution is 2.23. The predicted octanol–water partition coefficient (Wildman–Crippen LogP) is 3.21. The number of benzene rings is 1. The minimum atomic E-state index is -0.363. The number of aromatic amines is 1. The third kappa shape index (κ3) is 4.00. The number of carbonyl (C=O) groups excluding carboxylic acids is 1. The highest BCUT2D eigenvalue weighted by molar-refractivity contribution is 6.30. The molecule has 0 spiro atoms. The summed E-state index contributed by atoms with van der Waals surface area (Å²) < 4.78 is 0. The molecule has 5 nitrogen and oxygen atoms in total. The molecule has 0 fully saturated rings. The number of hydrogen-bond acceptors (Lipinski definition) is 3. The molecule has 0 saturated carbocycles. The fraction of sp³-hybridized carbons (Fsp3) is 0.167. The van der Waals surface area contributed by atoms with Crippen LogP contribution in [-0.4, -0.2) is 21.1 Å². The van der Waals surface area contributed by atoms with E-state index in [4.69, 9.17) is 11.6 Å². The van der Waals surface area contributed by atoms with Crippen molar-refractivity contribution in [1.82, 2.24) is 20.5 Å². The van der Waals surface area contributed by atoms with Crippen LogP contribution in [0.15, 0.2) is 54.7 Å². The van der Waals surface area contributed by atoms with Crippen molar-refractivity contribution in [1.29, 1.82) is 0 Å². The lowest BCUT2D eigenvalue weighted by atomic mass is 10.0. The van der Waals surface area contributed by atoms with Gasteiger partial charge in [-0.15, -0.1) is 0 Å². The number of pyridine rings is 1. The number of amides is 1. The smallest absolute Gasteiger partial charge is 0.226 e. The summed E-state index contributed by atoms with van der Waals surface area (Å²) in [5.41, 5.74) is 3.27. The minimum absolute atomic E-state index is 0.128. The Bertz CT molecular complexity index is 832. The summed E-state index contributed by atoms with van der Waals surface area (Å²) in [7, 11) is 0. The van der Waals surface area contributed by atoms with E-state index < -0.39 is 0 Å². The first-order chi connectivity index (χ1) is 11.6. The van der Waals surface area contributed by atoms with Gasteiger partial charge in [0.25, 0.3) is 0 Å². The van der Waals surface area contributed by atoms with Crippen LogP contribution in [0.4, 0.5) is 0 Å². The molecule has 122 valence electrons. The first-order valence-corrected chi connectivity index (χ1v) is 7.96. The third-order valence-corrected chi connectivity index (χ3v) is 3.81. The predicted molar refractivity (Wildman–Crippen MR) is 92.7 cm³/mol. The molecule has 0 aliphatic heterocycles. The van der Waals surface area contributed by atoms with Crippen molar-refractivity contribution in [3.8, 4) is 0 Å². The van der Waals surface area contributed by atoms with Crippen molar-refractivity contribution in [3.63, 3.8) is 0 Å². The number of rotatable bonds is 5. The molecule has 0 radical (unpaired) electrons. The maximum Gasteiger partial charge on any atom is 0.226 e. The monoisotopic (exact) mass is 340 g/mol. The van der Waals surface area contributed by atoms with E-state index in [0.717, 1.165) is 17.0 Å². The van der Waals surface area contributed by atoms with Gasteiger partial charge in [0.15, 0.2) is 0 Å². The maximum absolute atomic E-state index is 12.4. The Morgan fingerprint density at radius 3 is 2.79 bits per heavy atom. The molecule has 3 aromatic rings. The summed E-state index contributed by atoms with van der Waals surface area (Å²) in [6.07, 6.45) is 1.91. The Morgan fingerprint density at radius 1 is 1.25 bits per heavy atom. The van der Waals surface area contributed by atoms with E-state index in [0.29, 0.717) is 10.7 Å².